The van der Waals surface area contributed by atoms with Gasteiger partial charge in [-0.25, -0.2) is 0 Å². The Labute approximate surface area is 196 Å². The number of anilines is 1. The predicted molar refractivity (Wildman–Crippen MR) is 135 cm³/mol. The zero-order chi connectivity index (χ0) is 24.0. The summed E-state index contributed by atoms with van der Waals surface area (Å²) in [6.45, 7) is 13.2. The lowest BCUT2D eigenvalue weighted by atomic mass is 9.79. The molecule has 0 atom stereocenters. The molecule has 1 aliphatic rings. The third-order valence-corrected chi connectivity index (χ3v) is 6.30. The van der Waals surface area contributed by atoms with Gasteiger partial charge >= 0.3 is 0 Å². The number of phenolic OH excluding ortho intramolecular Hbond substituents is 2. The van der Waals surface area contributed by atoms with E-state index < -0.39 is 0 Å². The Bertz CT molecular complexity index is 1140. The molecule has 1 aliphatic heterocycles. The van der Waals surface area contributed by atoms with Crippen molar-refractivity contribution in [3.63, 3.8) is 0 Å². The first kappa shape index (κ1) is 23.3. The van der Waals surface area contributed by atoms with E-state index in [9.17, 15) is 10.2 Å². The van der Waals surface area contributed by atoms with Gasteiger partial charge in [0.1, 0.15) is 17.3 Å². The molecule has 0 saturated carbocycles. The van der Waals surface area contributed by atoms with E-state index in [4.69, 9.17) is 0 Å². The lowest BCUT2D eigenvalue weighted by Crippen LogP contribution is -2.60. The van der Waals surface area contributed by atoms with Crippen molar-refractivity contribution in [2.45, 2.75) is 77.9 Å². The number of piperidine rings is 1. The van der Waals surface area contributed by atoms with Gasteiger partial charge in [-0.1, -0.05) is 19.9 Å². The van der Waals surface area contributed by atoms with Gasteiger partial charge in [-0.05, 0) is 94.0 Å². The van der Waals surface area contributed by atoms with Gasteiger partial charge in [0.15, 0.2) is 0 Å². The second-order valence-electron chi connectivity index (χ2n) is 11.2. The Morgan fingerprint density at radius 2 is 1.70 bits per heavy atom. The zero-order valence-corrected chi connectivity index (χ0v) is 20.5. The van der Waals surface area contributed by atoms with Gasteiger partial charge in [-0.15, -0.1) is 10.2 Å². The maximum Gasteiger partial charge on any atom is 0.148 e. The molecule has 3 aromatic rings. The molecule has 1 fully saturated rings. The van der Waals surface area contributed by atoms with Crippen LogP contribution < -0.4 is 10.6 Å². The summed E-state index contributed by atoms with van der Waals surface area (Å²) >= 11 is 0. The number of phenols is 2. The SMILES string of the molecule is CC(C)Cc1c(O)c(-c2ccc(NC3CC(C)(C)NC(C)(C)C3)nn2)cc2ccc(O)cc12. The normalized spacial score (nSPS) is 18.0. The molecule has 0 bridgehead atoms. The van der Waals surface area contributed by atoms with Crippen molar-refractivity contribution < 1.29 is 10.2 Å². The molecule has 4 N–H and O–H groups in total. The molecular formula is C27H36N4O2. The fourth-order valence-electron chi connectivity index (χ4n) is 5.44. The van der Waals surface area contributed by atoms with Crippen molar-refractivity contribution in [1.29, 1.82) is 0 Å². The van der Waals surface area contributed by atoms with Crippen molar-refractivity contribution in [2.24, 2.45) is 5.92 Å². The quantitative estimate of drug-likeness (QED) is 0.405. The molecule has 2 aromatic carbocycles. The van der Waals surface area contributed by atoms with Crippen LogP contribution in [0.1, 0.15) is 59.9 Å². The summed E-state index contributed by atoms with van der Waals surface area (Å²) in [6.07, 6.45) is 2.70. The summed E-state index contributed by atoms with van der Waals surface area (Å²) in [5.74, 6) is 1.50. The van der Waals surface area contributed by atoms with Gasteiger partial charge in [0.05, 0.1) is 5.69 Å². The van der Waals surface area contributed by atoms with E-state index in [2.05, 4.69) is 62.4 Å². The highest BCUT2D eigenvalue weighted by molar-refractivity contribution is 5.94. The average Bonchev–Trinajstić information content (AvgIpc) is 2.68. The molecule has 0 aliphatic carbocycles. The first-order chi connectivity index (χ1) is 15.4. The number of benzene rings is 2. The van der Waals surface area contributed by atoms with Gasteiger partial charge in [0, 0.05) is 28.2 Å². The van der Waals surface area contributed by atoms with E-state index in [1.165, 1.54) is 0 Å². The molecule has 176 valence electrons. The Balaban J connectivity index is 1.64. The number of nitrogens with one attached hydrogen (secondary N) is 2. The number of aromatic hydroxyl groups is 2. The van der Waals surface area contributed by atoms with Crippen LogP contribution in [0.3, 0.4) is 0 Å². The second-order valence-corrected chi connectivity index (χ2v) is 11.2. The third-order valence-electron chi connectivity index (χ3n) is 6.30. The summed E-state index contributed by atoms with van der Waals surface area (Å²) in [5, 5.41) is 39.1. The van der Waals surface area contributed by atoms with Gasteiger partial charge in [-0.2, -0.15) is 0 Å². The number of nitrogens with zero attached hydrogens (tertiary/aromatic N) is 2. The Morgan fingerprint density at radius 3 is 2.30 bits per heavy atom. The molecule has 0 unspecified atom stereocenters. The number of hydrogen-bond donors (Lipinski definition) is 4. The standard InChI is InChI=1S/C27H36N4O2/c1-16(2)11-21-20-13-19(32)8-7-17(20)12-22(25(21)33)23-9-10-24(30-29-23)28-18-14-26(3,4)31-27(5,6)15-18/h7-10,12-13,16,18,31-33H,11,14-15H2,1-6H3,(H,28,30). The van der Waals surface area contributed by atoms with Crippen molar-refractivity contribution in [1.82, 2.24) is 15.5 Å². The van der Waals surface area contributed by atoms with Crippen LogP contribution in [0.25, 0.3) is 22.0 Å². The molecule has 0 radical (unpaired) electrons. The molecule has 0 spiro atoms. The molecular weight excluding hydrogens is 412 g/mol. The van der Waals surface area contributed by atoms with Crippen LogP contribution >= 0.6 is 0 Å². The second kappa shape index (κ2) is 8.49. The van der Waals surface area contributed by atoms with E-state index in [-0.39, 0.29) is 22.6 Å². The summed E-state index contributed by atoms with van der Waals surface area (Å²) in [7, 11) is 0. The lowest BCUT2D eigenvalue weighted by Gasteiger charge is -2.46. The van der Waals surface area contributed by atoms with E-state index in [1.807, 2.05) is 24.3 Å². The fraction of sp³-hybridized carbons (Fsp3) is 0.481. The first-order valence-corrected chi connectivity index (χ1v) is 11.8. The topological polar surface area (TPSA) is 90.3 Å². The highest BCUT2D eigenvalue weighted by Gasteiger charge is 2.37. The number of fused-ring (bicyclic) bond motifs is 1. The maximum absolute atomic E-state index is 11.2. The Morgan fingerprint density at radius 1 is 1.00 bits per heavy atom. The Hall–Kier alpha value is -2.86. The summed E-state index contributed by atoms with van der Waals surface area (Å²) in [5.41, 5.74) is 2.21. The van der Waals surface area contributed by atoms with Crippen LogP contribution in [0.15, 0.2) is 36.4 Å². The van der Waals surface area contributed by atoms with Crippen LogP contribution in [-0.4, -0.2) is 37.5 Å². The highest BCUT2D eigenvalue weighted by Crippen LogP contribution is 2.39. The maximum atomic E-state index is 11.2. The molecule has 1 saturated heterocycles. The number of aromatic nitrogens is 2. The van der Waals surface area contributed by atoms with Crippen LogP contribution in [0.2, 0.25) is 0 Å². The van der Waals surface area contributed by atoms with Crippen molar-refractivity contribution in [3.05, 3.63) is 42.0 Å². The lowest BCUT2D eigenvalue weighted by molar-refractivity contribution is 0.170. The Kier molecular flexibility index (Phi) is 5.99. The summed E-state index contributed by atoms with van der Waals surface area (Å²) in [6, 6.07) is 11.3. The van der Waals surface area contributed by atoms with Crippen molar-refractivity contribution in [2.75, 3.05) is 5.32 Å². The molecule has 2 heterocycles. The molecule has 1 aromatic heterocycles. The van der Waals surface area contributed by atoms with Gasteiger partial charge in [0.25, 0.3) is 0 Å². The molecule has 0 amide bonds. The summed E-state index contributed by atoms with van der Waals surface area (Å²) < 4.78 is 0. The average molecular weight is 449 g/mol. The minimum absolute atomic E-state index is 0.0465. The number of rotatable bonds is 5. The first-order valence-electron chi connectivity index (χ1n) is 11.8. The highest BCUT2D eigenvalue weighted by atomic mass is 16.3. The minimum atomic E-state index is 0.0465. The van der Waals surface area contributed by atoms with E-state index >= 15 is 0 Å². The van der Waals surface area contributed by atoms with E-state index in [1.54, 1.807) is 12.1 Å². The third kappa shape index (κ3) is 5.22. The van der Waals surface area contributed by atoms with Crippen molar-refractivity contribution in [3.8, 4) is 22.8 Å². The monoisotopic (exact) mass is 448 g/mol. The van der Waals surface area contributed by atoms with Crippen LogP contribution in [0, 0.1) is 5.92 Å². The smallest absolute Gasteiger partial charge is 0.148 e. The molecule has 6 nitrogen and oxygen atoms in total. The number of hydrogen-bond acceptors (Lipinski definition) is 6. The largest absolute Gasteiger partial charge is 0.508 e. The molecule has 6 heteroatoms. The van der Waals surface area contributed by atoms with Gasteiger partial charge in [0.2, 0.25) is 0 Å². The van der Waals surface area contributed by atoms with Crippen LogP contribution in [0.4, 0.5) is 5.82 Å². The minimum Gasteiger partial charge on any atom is -0.508 e. The van der Waals surface area contributed by atoms with Gasteiger partial charge in [-0.3, -0.25) is 0 Å². The van der Waals surface area contributed by atoms with Gasteiger partial charge < -0.3 is 20.8 Å². The van der Waals surface area contributed by atoms with Crippen LogP contribution in [0.5, 0.6) is 11.5 Å². The molecule has 4 rings (SSSR count). The van der Waals surface area contributed by atoms with Crippen molar-refractivity contribution >= 4 is 16.6 Å². The van der Waals surface area contributed by atoms with E-state index in [0.717, 1.165) is 35.0 Å². The van der Waals surface area contributed by atoms with E-state index in [0.29, 0.717) is 29.6 Å². The van der Waals surface area contributed by atoms with Crippen LogP contribution in [-0.2, 0) is 6.42 Å². The zero-order valence-electron chi connectivity index (χ0n) is 20.5. The predicted octanol–water partition coefficient (Wildman–Crippen LogP) is 5.63. The summed E-state index contributed by atoms with van der Waals surface area (Å²) in [4.78, 5) is 0. The fourth-order valence-corrected chi connectivity index (χ4v) is 5.44. The molecule has 33 heavy (non-hydrogen) atoms.